The molecule has 2 amide bonds. The molecule has 0 spiro atoms. The summed E-state index contributed by atoms with van der Waals surface area (Å²) in [6, 6.07) is 6.49. The van der Waals surface area contributed by atoms with Gasteiger partial charge >= 0.3 is 12.0 Å². The van der Waals surface area contributed by atoms with Crippen LogP contribution >= 0.6 is 0 Å². The number of hydrogen-bond acceptors (Lipinski definition) is 2. The van der Waals surface area contributed by atoms with Crippen LogP contribution in [0.1, 0.15) is 35.7 Å². The summed E-state index contributed by atoms with van der Waals surface area (Å²) in [6.07, 6.45) is 2.56. The van der Waals surface area contributed by atoms with Crippen molar-refractivity contribution in [2.75, 3.05) is 13.6 Å². The van der Waals surface area contributed by atoms with Gasteiger partial charge in [0.25, 0.3) is 0 Å². The number of nitrogens with zero attached hydrogens (tertiary/aromatic N) is 1. The second kappa shape index (κ2) is 6.61. The van der Waals surface area contributed by atoms with Crippen LogP contribution in [0.2, 0.25) is 0 Å². The highest BCUT2D eigenvalue weighted by molar-refractivity contribution is 5.87. The van der Waals surface area contributed by atoms with Gasteiger partial charge in [0.15, 0.2) is 0 Å². The highest BCUT2D eigenvalue weighted by Crippen LogP contribution is 2.36. The summed E-state index contributed by atoms with van der Waals surface area (Å²) in [6.45, 7) is 3.35. The molecule has 1 atom stereocenters. The van der Waals surface area contributed by atoms with Gasteiger partial charge in [-0.15, -0.1) is 0 Å². The second-order valence-electron chi connectivity index (χ2n) is 5.86. The van der Waals surface area contributed by atoms with Gasteiger partial charge in [0.2, 0.25) is 0 Å². The summed E-state index contributed by atoms with van der Waals surface area (Å²) < 4.78 is 0. The van der Waals surface area contributed by atoms with Gasteiger partial charge in [0, 0.05) is 20.1 Å². The van der Waals surface area contributed by atoms with Crippen molar-refractivity contribution in [3.05, 3.63) is 35.4 Å². The number of hydrogen-bond donors (Lipinski definition) is 2. The number of nitrogens with one attached hydrogen (secondary N) is 1. The molecule has 0 aliphatic heterocycles. The Morgan fingerprint density at radius 1 is 1.33 bits per heavy atom. The second-order valence-corrected chi connectivity index (χ2v) is 5.86. The van der Waals surface area contributed by atoms with E-state index in [1.165, 1.54) is 12.8 Å². The van der Waals surface area contributed by atoms with E-state index in [1.807, 2.05) is 0 Å². The number of carboxylic acid groups (broad SMARTS) is 1. The maximum absolute atomic E-state index is 12.0. The molecule has 1 aromatic rings. The van der Waals surface area contributed by atoms with Gasteiger partial charge in [-0.25, -0.2) is 9.59 Å². The van der Waals surface area contributed by atoms with Gasteiger partial charge in [0.1, 0.15) is 0 Å². The monoisotopic (exact) mass is 290 g/mol. The minimum atomic E-state index is -0.943. The number of urea groups is 1. The standard InChI is InChI=1S/C16H22N2O3/c1-11(13-7-8-13)9-17-16(21)18(2)10-12-3-5-14(6-4-12)15(19)20/h3-6,11,13H,7-10H2,1-2H3,(H,17,21)(H,19,20). The molecule has 2 rings (SSSR count). The molecule has 1 saturated carbocycles. The molecule has 1 unspecified atom stereocenters. The van der Waals surface area contributed by atoms with Crippen molar-refractivity contribution in [3.63, 3.8) is 0 Å². The summed E-state index contributed by atoms with van der Waals surface area (Å²) in [5.41, 5.74) is 1.16. The van der Waals surface area contributed by atoms with Gasteiger partial charge < -0.3 is 15.3 Å². The van der Waals surface area contributed by atoms with Crippen LogP contribution in [0.4, 0.5) is 4.79 Å². The topological polar surface area (TPSA) is 69.6 Å². The molecule has 1 aromatic carbocycles. The van der Waals surface area contributed by atoms with E-state index in [9.17, 15) is 9.59 Å². The highest BCUT2D eigenvalue weighted by Gasteiger charge is 2.28. The Morgan fingerprint density at radius 3 is 2.48 bits per heavy atom. The molecule has 21 heavy (non-hydrogen) atoms. The van der Waals surface area contributed by atoms with Crippen molar-refractivity contribution in [1.29, 1.82) is 0 Å². The number of carbonyl (C=O) groups excluding carboxylic acids is 1. The first-order chi connectivity index (χ1) is 9.97. The van der Waals surface area contributed by atoms with Gasteiger partial charge in [-0.05, 0) is 42.4 Å². The first-order valence-corrected chi connectivity index (χ1v) is 7.28. The molecular weight excluding hydrogens is 268 g/mol. The van der Waals surface area contributed by atoms with Gasteiger partial charge in [0.05, 0.1) is 5.56 Å². The molecule has 2 N–H and O–H groups in total. The highest BCUT2D eigenvalue weighted by atomic mass is 16.4. The average molecular weight is 290 g/mol. The van der Waals surface area contributed by atoms with Crippen molar-refractivity contribution in [3.8, 4) is 0 Å². The lowest BCUT2D eigenvalue weighted by atomic mass is 10.1. The van der Waals surface area contributed by atoms with E-state index >= 15 is 0 Å². The van der Waals surface area contributed by atoms with Crippen LogP contribution in [0.5, 0.6) is 0 Å². The third kappa shape index (κ3) is 4.48. The lowest BCUT2D eigenvalue weighted by Gasteiger charge is -2.20. The fraction of sp³-hybridized carbons (Fsp3) is 0.500. The zero-order valence-electron chi connectivity index (χ0n) is 12.5. The number of carbonyl (C=O) groups is 2. The molecule has 5 nitrogen and oxygen atoms in total. The quantitative estimate of drug-likeness (QED) is 0.846. The van der Waals surface area contributed by atoms with Gasteiger partial charge in [-0.1, -0.05) is 19.1 Å². The number of carboxylic acids is 1. The van der Waals surface area contributed by atoms with Crippen LogP contribution < -0.4 is 5.32 Å². The summed E-state index contributed by atoms with van der Waals surface area (Å²) >= 11 is 0. The van der Waals surface area contributed by atoms with Crippen molar-refractivity contribution < 1.29 is 14.7 Å². The van der Waals surface area contributed by atoms with E-state index in [0.29, 0.717) is 19.0 Å². The fourth-order valence-electron chi connectivity index (χ4n) is 2.31. The number of amides is 2. The Kier molecular flexibility index (Phi) is 4.83. The SMILES string of the molecule is CC(CNC(=O)N(C)Cc1ccc(C(=O)O)cc1)C1CC1. The molecule has 0 radical (unpaired) electrons. The van der Waals surface area contributed by atoms with E-state index in [4.69, 9.17) is 5.11 Å². The van der Waals surface area contributed by atoms with E-state index in [1.54, 1.807) is 36.2 Å². The summed E-state index contributed by atoms with van der Waals surface area (Å²) in [5, 5.41) is 11.8. The Labute approximate surface area is 125 Å². The predicted molar refractivity (Wildman–Crippen MR) is 80.2 cm³/mol. The molecule has 0 bridgehead atoms. The molecule has 114 valence electrons. The zero-order valence-corrected chi connectivity index (χ0v) is 12.5. The molecule has 1 aliphatic carbocycles. The number of aromatic carboxylic acids is 1. The van der Waals surface area contributed by atoms with Crippen LogP contribution in [-0.2, 0) is 6.54 Å². The minimum Gasteiger partial charge on any atom is -0.478 e. The molecule has 0 saturated heterocycles. The van der Waals surface area contributed by atoms with Gasteiger partial charge in [-0.3, -0.25) is 0 Å². The minimum absolute atomic E-state index is 0.0928. The zero-order chi connectivity index (χ0) is 15.4. The first kappa shape index (κ1) is 15.4. The fourth-order valence-corrected chi connectivity index (χ4v) is 2.31. The molecular formula is C16H22N2O3. The molecule has 1 aliphatic rings. The Morgan fingerprint density at radius 2 is 1.95 bits per heavy atom. The van der Waals surface area contributed by atoms with Crippen LogP contribution in [0.15, 0.2) is 24.3 Å². The Hall–Kier alpha value is -2.04. The number of rotatable bonds is 6. The predicted octanol–water partition coefficient (Wildman–Crippen LogP) is 2.57. The lowest BCUT2D eigenvalue weighted by molar-refractivity contribution is 0.0697. The normalized spacial score (nSPS) is 15.3. The maximum atomic E-state index is 12.0. The largest absolute Gasteiger partial charge is 0.478 e. The van der Waals surface area contributed by atoms with Gasteiger partial charge in [-0.2, -0.15) is 0 Å². The smallest absolute Gasteiger partial charge is 0.335 e. The Balaban J connectivity index is 1.80. The Bertz CT molecular complexity index is 509. The van der Waals surface area contributed by atoms with E-state index in [-0.39, 0.29) is 11.6 Å². The number of benzene rings is 1. The van der Waals surface area contributed by atoms with Crippen LogP contribution in [-0.4, -0.2) is 35.6 Å². The van der Waals surface area contributed by atoms with Crippen molar-refractivity contribution >= 4 is 12.0 Å². The van der Waals surface area contributed by atoms with E-state index in [0.717, 1.165) is 11.5 Å². The van der Waals surface area contributed by atoms with Crippen LogP contribution in [0.25, 0.3) is 0 Å². The summed E-state index contributed by atoms with van der Waals surface area (Å²) in [7, 11) is 1.74. The molecule has 5 heteroatoms. The van der Waals surface area contributed by atoms with Crippen molar-refractivity contribution in [2.24, 2.45) is 11.8 Å². The van der Waals surface area contributed by atoms with Crippen LogP contribution in [0.3, 0.4) is 0 Å². The summed E-state index contributed by atoms with van der Waals surface area (Å²) in [5.74, 6) is 0.373. The third-order valence-corrected chi connectivity index (χ3v) is 3.97. The third-order valence-electron chi connectivity index (χ3n) is 3.97. The maximum Gasteiger partial charge on any atom is 0.335 e. The molecule has 0 heterocycles. The lowest BCUT2D eigenvalue weighted by Crippen LogP contribution is -2.39. The van der Waals surface area contributed by atoms with Crippen molar-refractivity contribution in [2.45, 2.75) is 26.3 Å². The van der Waals surface area contributed by atoms with E-state index < -0.39 is 5.97 Å². The summed E-state index contributed by atoms with van der Waals surface area (Å²) in [4.78, 5) is 24.4. The molecule has 0 aromatic heterocycles. The van der Waals surface area contributed by atoms with Crippen molar-refractivity contribution in [1.82, 2.24) is 10.2 Å². The first-order valence-electron chi connectivity index (χ1n) is 7.28. The van der Waals surface area contributed by atoms with Crippen LogP contribution in [0, 0.1) is 11.8 Å². The average Bonchev–Trinajstić information content (AvgIpc) is 3.29. The molecule has 1 fully saturated rings. The van der Waals surface area contributed by atoms with E-state index in [2.05, 4.69) is 12.2 Å².